The first-order valence-corrected chi connectivity index (χ1v) is 5.86. The van der Waals surface area contributed by atoms with Gasteiger partial charge in [0.2, 0.25) is 0 Å². The van der Waals surface area contributed by atoms with Crippen LogP contribution in [0.4, 0.5) is 0 Å². The molecule has 0 saturated carbocycles. The van der Waals surface area contributed by atoms with E-state index in [1.54, 1.807) is 0 Å². The highest BCUT2D eigenvalue weighted by atomic mass is 16.7. The molecule has 6 unspecified atom stereocenters. The highest BCUT2D eigenvalue weighted by Crippen LogP contribution is 2.25. The van der Waals surface area contributed by atoms with E-state index in [1.807, 2.05) is 0 Å². The quantitative estimate of drug-likeness (QED) is 0.350. The Morgan fingerprint density at radius 1 is 1.26 bits per heavy atom. The summed E-state index contributed by atoms with van der Waals surface area (Å²) < 4.78 is 10.2. The molecule has 1 aliphatic heterocycles. The third-order valence-corrected chi connectivity index (χ3v) is 2.89. The molecule has 0 aromatic heterocycles. The number of aliphatic hydroxyl groups excluding tert-OH is 4. The Kier molecular flexibility index (Phi) is 6.49. The van der Waals surface area contributed by atoms with Gasteiger partial charge in [0, 0.05) is 12.3 Å². The Bertz CT molecular complexity index is 296. The molecule has 1 rings (SSSR count). The van der Waals surface area contributed by atoms with E-state index in [-0.39, 0.29) is 13.0 Å². The van der Waals surface area contributed by atoms with Gasteiger partial charge in [0.15, 0.2) is 6.29 Å². The molecule has 1 heterocycles. The van der Waals surface area contributed by atoms with E-state index in [0.29, 0.717) is 12.6 Å². The highest BCUT2D eigenvalue weighted by Gasteiger charge is 2.46. The Hall–Kier alpha value is -0.900. The molecule has 0 amide bonds. The maximum atomic E-state index is 10.6. The summed E-state index contributed by atoms with van der Waals surface area (Å²) in [5.41, 5.74) is 0. The van der Waals surface area contributed by atoms with Crippen LogP contribution in [-0.4, -0.2) is 76.9 Å². The van der Waals surface area contributed by atoms with Crippen molar-refractivity contribution in [2.45, 2.75) is 37.1 Å². The van der Waals surface area contributed by atoms with Crippen LogP contribution in [0.5, 0.6) is 0 Å². The van der Waals surface area contributed by atoms with Crippen molar-refractivity contribution in [3.05, 3.63) is 0 Å². The van der Waals surface area contributed by atoms with Gasteiger partial charge in [-0.3, -0.25) is 0 Å². The monoisotopic (exact) mass is 278 g/mol. The number of aldehydes is 2. The number of rotatable bonds is 8. The van der Waals surface area contributed by atoms with Gasteiger partial charge in [0.05, 0.1) is 13.2 Å². The van der Waals surface area contributed by atoms with E-state index in [1.165, 1.54) is 0 Å². The molecule has 6 atom stereocenters. The molecule has 0 spiro atoms. The van der Waals surface area contributed by atoms with Crippen molar-refractivity contribution in [1.82, 2.24) is 0 Å². The van der Waals surface area contributed by atoms with Crippen molar-refractivity contribution < 1.29 is 39.5 Å². The lowest BCUT2D eigenvalue weighted by Crippen LogP contribution is -2.40. The van der Waals surface area contributed by atoms with Crippen LogP contribution in [0.1, 0.15) is 6.42 Å². The molecule has 8 nitrogen and oxygen atoms in total. The van der Waals surface area contributed by atoms with Crippen LogP contribution in [-0.2, 0) is 19.1 Å². The Morgan fingerprint density at radius 3 is 2.47 bits per heavy atom. The van der Waals surface area contributed by atoms with Gasteiger partial charge in [-0.1, -0.05) is 0 Å². The summed E-state index contributed by atoms with van der Waals surface area (Å²) in [6, 6.07) is 0. The van der Waals surface area contributed by atoms with Crippen LogP contribution in [0, 0.1) is 5.92 Å². The van der Waals surface area contributed by atoms with Gasteiger partial charge < -0.3 is 39.5 Å². The van der Waals surface area contributed by atoms with Gasteiger partial charge in [0.1, 0.15) is 37.0 Å². The van der Waals surface area contributed by atoms with E-state index >= 15 is 0 Å². The first kappa shape index (κ1) is 16.2. The maximum Gasteiger partial charge on any atom is 0.186 e. The van der Waals surface area contributed by atoms with Crippen molar-refractivity contribution in [2.75, 3.05) is 13.2 Å². The first-order valence-electron chi connectivity index (χ1n) is 5.86. The average Bonchev–Trinajstić information content (AvgIpc) is 2.70. The predicted octanol–water partition coefficient (Wildman–Crippen LogP) is -2.79. The second-order valence-corrected chi connectivity index (χ2v) is 4.33. The van der Waals surface area contributed by atoms with E-state index in [2.05, 4.69) is 0 Å². The molecule has 0 radical (unpaired) electrons. The third-order valence-electron chi connectivity index (χ3n) is 2.89. The van der Waals surface area contributed by atoms with Crippen molar-refractivity contribution in [2.24, 2.45) is 5.92 Å². The normalized spacial score (nSPS) is 33.9. The average molecular weight is 278 g/mol. The molecule has 1 fully saturated rings. The molecule has 0 aromatic carbocycles. The summed E-state index contributed by atoms with van der Waals surface area (Å²) >= 11 is 0. The van der Waals surface area contributed by atoms with E-state index < -0.39 is 43.2 Å². The fourth-order valence-electron chi connectivity index (χ4n) is 1.74. The van der Waals surface area contributed by atoms with Gasteiger partial charge in [-0.25, -0.2) is 0 Å². The number of aliphatic hydroxyl groups is 4. The zero-order chi connectivity index (χ0) is 14.4. The van der Waals surface area contributed by atoms with Crippen LogP contribution < -0.4 is 0 Å². The van der Waals surface area contributed by atoms with Crippen molar-refractivity contribution in [3.63, 3.8) is 0 Å². The largest absolute Gasteiger partial charge is 0.394 e. The number of hydrogen-bond acceptors (Lipinski definition) is 8. The molecular weight excluding hydrogens is 260 g/mol. The SMILES string of the molecule is O=CCC(C=O)COC1OC(C(O)CO)C(O)C1O. The molecule has 0 bridgehead atoms. The van der Waals surface area contributed by atoms with Gasteiger partial charge in [-0.2, -0.15) is 0 Å². The fourth-order valence-corrected chi connectivity index (χ4v) is 1.74. The van der Waals surface area contributed by atoms with Crippen LogP contribution in [0.2, 0.25) is 0 Å². The third kappa shape index (κ3) is 4.03. The topological polar surface area (TPSA) is 134 Å². The highest BCUT2D eigenvalue weighted by molar-refractivity contribution is 5.61. The lowest BCUT2D eigenvalue weighted by molar-refractivity contribution is -0.185. The minimum Gasteiger partial charge on any atom is -0.394 e. The van der Waals surface area contributed by atoms with Gasteiger partial charge in [-0.15, -0.1) is 0 Å². The Labute approximate surface area is 109 Å². The standard InChI is InChI=1S/C11H18O8/c12-2-1-6(3-13)5-18-11-9(17)8(16)10(19-11)7(15)4-14/h2-3,6-11,14-17H,1,4-5H2. The zero-order valence-electron chi connectivity index (χ0n) is 10.2. The number of hydrogen-bond donors (Lipinski definition) is 4. The maximum absolute atomic E-state index is 10.6. The Balaban J connectivity index is 2.51. The minimum absolute atomic E-state index is 0.0163. The number of carbonyl (C=O) groups excluding carboxylic acids is 2. The fraction of sp³-hybridized carbons (Fsp3) is 0.818. The molecule has 8 heteroatoms. The molecule has 1 saturated heterocycles. The number of ether oxygens (including phenoxy) is 2. The molecule has 1 aliphatic rings. The minimum atomic E-state index is -1.41. The summed E-state index contributed by atoms with van der Waals surface area (Å²) in [6.45, 7) is -0.790. The summed E-state index contributed by atoms with van der Waals surface area (Å²) in [4.78, 5) is 20.9. The van der Waals surface area contributed by atoms with E-state index in [0.717, 1.165) is 0 Å². The van der Waals surface area contributed by atoms with Crippen LogP contribution in [0.25, 0.3) is 0 Å². The first-order chi connectivity index (χ1) is 9.04. The summed E-state index contributed by atoms with van der Waals surface area (Å²) in [5, 5.41) is 37.4. The lowest BCUT2D eigenvalue weighted by atomic mass is 10.1. The molecule has 0 aromatic rings. The zero-order valence-corrected chi connectivity index (χ0v) is 10.2. The van der Waals surface area contributed by atoms with Crippen LogP contribution in [0.15, 0.2) is 0 Å². The van der Waals surface area contributed by atoms with Crippen molar-refractivity contribution in [3.8, 4) is 0 Å². The number of carbonyl (C=O) groups is 2. The lowest BCUT2D eigenvalue weighted by Gasteiger charge is -2.18. The van der Waals surface area contributed by atoms with E-state index in [9.17, 15) is 24.9 Å². The molecule has 4 N–H and O–H groups in total. The Morgan fingerprint density at radius 2 is 1.95 bits per heavy atom. The van der Waals surface area contributed by atoms with E-state index in [4.69, 9.17) is 14.6 Å². The van der Waals surface area contributed by atoms with Gasteiger partial charge in [0.25, 0.3) is 0 Å². The smallest absolute Gasteiger partial charge is 0.186 e. The van der Waals surface area contributed by atoms with Crippen molar-refractivity contribution in [1.29, 1.82) is 0 Å². The van der Waals surface area contributed by atoms with Gasteiger partial charge in [-0.05, 0) is 0 Å². The van der Waals surface area contributed by atoms with Crippen LogP contribution >= 0.6 is 0 Å². The molecule has 110 valence electrons. The molecule has 19 heavy (non-hydrogen) atoms. The van der Waals surface area contributed by atoms with Crippen LogP contribution in [0.3, 0.4) is 0 Å². The molecule has 0 aliphatic carbocycles. The summed E-state index contributed by atoms with van der Waals surface area (Å²) in [7, 11) is 0. The van der Waals surface area contributed by atoms with Gasteiger partial charge >= 0.3 is 0 Å². The summed E-state index contributed by atoms with van der Waals surface area (Å²) in [5.74, 6) is -0.660. The second-order valence-electron chi connectivity index (χ2n) is 4.33. The predicted molar refractivity (Wildman–Crippen MR) is 60.0 cm³/mol. The second kappa shape index (κ2) is 7.63. The summed E-state index contributed by atoms with van der Waals surface area (Å²) in [6.07, 6.45) is -5.47. The molecular formula is C11H18O8. The van der Waals surface area contributed by atoms with Crippen molar-refractivity contribution >= 4 is 12.6 Å².